The maximum Gasteiger partial charge on any atom is 0.137 e. The molecule has 0 amide bonds. The van der Waals surface area contributed by atoms with Crippen molar-refractivity contribution in [2.75, 3.05) is 0 Å². The van der Waals surface area contributed by atoms with Gasteiger partial charge < -0.3 is 4.40 Å². The van der Waals surface area contributed by atoms with Gasteiger partial charge in [-0.05, 0) is 12.1 Å². The van der Waals surface area contributed by atoms with E-state index in [-0.39, 0.29) is 0 Å². The first-order valence-corrected chi connectivity index (χ1v) is 8.85. The van der Waals surface area contributed by atoms with Crippen molar-refractivity contribution in [3.8, 4) is 22.5 Å². The Kier molecular flexibility index (Phi) is 3.76. The number of fused-ring (bicyclic) bond motifs is 1. The summed E-state index contributed by atoms with van der Waals surface area (Å²) in [5, 5.41) is 8.67. The van der Waals surface area contributed by atoms with Crippen LogP contribution in [0, 0.1) is 0 Å². The van der Waals surface area contributed by atoms with Crippen LogP contribution in [0.25, 0.3) is 28.2 Å². The lowest BCUT2D eigenvalue weighted by Gasteiger charge is -2.05. The number of imidazole rings is 1. The van der Waals surface area contributed by atoms with Crippen molar-refractivity contribution in [3.05, 3.63) is 97.0 Å². The summed E-state index contributed by atoms with van der Waals surface area (Å²) >= 11 is 0. The van der Waals surface area contributed by atoms with Crippen LogP contribution in [-0.4, -0.2) is 24.4 Å². The number of aromatic nitrogens is 5. The van der Waals surface area contributed by atoms with Crippen LogP contribution in [0.1, 0.15) is 5.69 Å². The quantitative estimate of drug-likeness (QED) is 0.485. The molecule has 0 fully saturated rings. The summed E-state index contributed by atoms with van der Waals surface area (Å²) in [5.41, 5.74) is 6.00. The third kappa shape index (κ3) is 2.89. The molecule has 5 nitrogen and oxygen atoms in total. The van der Waals surface area contributed by atoms with Gasteiger partial charge in [0.25, 0.3) is 0 Å². The lowest BCUT2D eigenvalue weighted by molar-refractivity contribution is 0.636. The maximum absolute atomic E-state index is 4.85. The minimum absolute atomic E-state index is 0.593. The van der Waals surface area contributed by atoms with Crippen molar-refractivity contribution in [3.63, 3.8) is 0 Å². The molecule has 27 heavy (non-hydrogen) atoms. The molecule has 0 N–H and O–H groups in total. The van der Waals surface area contributed by atoms with Crippen molar-refractivity contribution in [1.29, 1.82) is 0 Å². The van der Waals surface area contributed by atoms with E-state index in [4.69, 9.17) is 4.98 Å². The summed E-state index contributed by atoms with van der Waals surface area (Å²) in [6.45, 7) is 0.593. The summed E-state index contributed by atoms with van der Waals surface area (Å²) < 4.78 is 3.98. The number of rotatable bonds is 4. The second-order valence-electron chi connectivity index (χ2n) is 6.37. The second kappa shape index (κ2) is 6.53. The molecule has 2 aromatic carbocycles. The molecule has 0 saturated carbocycles. The number of pyridine rings is 1. The van der Waals surface area contributed by atoms with Crippen LogP contribution < -0.4 is 0 Å². The van der Waals surface area contributed by atoms with Gasteiger partial charge in [-0.15, -0.1) is 5.10 Å². The summed E-state index contributed by atoms with van der Waals surface area (Å²) in [7, 11) is 0. The van der Waals surface area contributed by atoms with Crippen LogP contribution in [0.3, 0.4) is 0 Å². The molecule has 3 heterocycles. The molecule has 0 saturated heterocycles. The van der Waals surface area contributed by atoms with Crippen LogP contribution in [0.4, 0.5) is 0 Å². The van der Waals surface area contributed by atoms with Gasteiger partial charge in [0.1, 0.15) is 11.3 Å². The van der Waals surface area contributed by atoms with E-state index in [9.17, 15) is 0 Å². The standard InChI is InChI=1S/C22H17N5/c1-3-9-17(10-4-1)19-15-26(25-24-19)16-20-22(18-11-5-2-6-12-18)23-21-13-7-8-14-27(20)21/h1-15H,16H2. The Morgan fingerprint density at radius 2 is 1.44 bits per heavy atom. The van der Waals surface area contributed by atoms with Gasteiger partial charge in [0.15, 0.2) is 0 Å². The number of benzene rings is 2. The maximum atomic E-state index is 4.85. The number of hydrogen-bond donors (Lipinski definition) is 0. The third-order valence-electron chi connectivity index (χ3n) is 4.60. The Morgan fingerprint density at radius 3 is 2.22 bits per heavy atom. The monoisotopic (exact) mass is 351 g/mol. The molecule has 3 aromatic heterocycles. The highest BCUT2D eigenvalue weighted by Crippen LogP contribution is 2.25. The molecule has 0 radical (unpaired) electrons. The smallest absolute Gasteiger partial charge is 0.137 e. The molecule has 0 bridgehead atoms. The van der Waals surface area contributed by atoms with E-state index in [2.05, 4.69) is 26.8 Å². The number of hydrogen-bond acceptors (Lipinski definition) is 3. The normalized spacial score (nSPS) is 11.1. The lowest BCUT2D eigenvalue weighted by atomic mass is 10.1. The van der Waals surface area contributed by atoms with Gasteiger partial charge in [-0.1, -0.05) is 71.9 Å². The summed E-state index contributed by atoms with van der Waals surface area (Å²) in [5.74, 6) is 0. The SMILES string of the molecule is c1ccc(-c2cn(Cc3c(-c4ccccc4)nc4ccccn34)nn2)cc1. The van der Waals surface area contributed by atoms with Gasteiger partial charge in [0, 0.05) is 17.3 Å². The van der Waals surface area contributed by atoms with E-state index in [1.165, 1.54) is 0 Å². The first-order valence-electron chi connectivity index (χ1n) is 8.85. The summed E-state index contributed by atoms with van der Waals surface area (Å²) in [6, 6.07) is 26.4. The molecule has 5 heteroatoms. The highest BCUT2D eigenvalue weighted by molar-refractivity contribution is 5.66. The zero-order chi connectivity index (χ0) is 18.1. The Hall–Kier alpha value is -3.73. The van der Waals surface area contributed by atoms with Gasteiger partial charge in [-0.2, -0.15) is 0 Å². The second-order valence-corrected chi connectivity index (χ2v) is 6.37. The molecule has 0 spiro atoms. The Morgan fingerprint density at radius 1 is 0.741 bits per heavy atom. The Bertz CT molecular complexity index is 1190. The first-order chi connectivity index (χ1) is 13.4. The Balaban J connectivity index is 1.58. The van der Waals surface area contributed by atoms with Crippen molar-refractivity contribution in [1.82, 2.24) is 24.4 Å². The van der Waals surface area contributed by atoms with Gasteiger partial charge in [0.05, 0.1) is 24.1 Å². The first kappa shape index (κ1) is 15.5. The molecule has 130 valence electrons. The predicted octanol–water partition coefficient (Wildman–Crippen LogP) is 4.31. The van der Waals surface area contributed by atoms with Gasteiger partial charge in [-0.3, -0.25) is 0 Å². The zero-order valence-corrected chi connectivity index (χ0v) is 14.6. The topological polar surface area (TPSA) is 48.0 Å². The molecule has 0 aliphatic rings. The van der Waals surface area contributed by atoms with E-state index < -0.39 is 0 Å². The van der Waals surface area contributed by atoms with Gasteiger partial charge in [0.2, 0.25) is 0 Å². The van der Waals surface area contributed by atoms with E-state index in [1.807, 2.05) is 83.8 Å². The van der Waals surface area contributed by atoms with Crippen LogP contribution in [0.2, 0.25) is 0 Å². The van der Waals surface area contributed by atoms with Crippen molar-refractivity contribution in [2.24, 2.45) is 0 Å². The molecule has 0 unspecified atom stereocenters. The average Bonchev–Trinajstić information content (AvgIpc) is 3.35. The van der Waals surface area contributed by atoms with Crippen molar-refractivity contribution in [2.45, 2.75) is 6.54 Å². The molecular weight excluding hydrogens is 334 g/mol. The summed E-state index contributed by atoms with van der Waals surface area (Å²) in [6.07, 6.45) is 4.02. The zero-order valence-electron chi connectivity index (χ0n) is 14.6. The molecule has 5 rings (SSSR count). The van der Waals surface area contributed by atoms with Gasteiger partial charge >= 0.3 is 0 Å². The molecule has 0 aliphatic carbocycles. The fourth-order valence-electron chi connectivity index (χ4n) is 3.30. The van der Waals surface area contributed by atoms with E-state index in [1.54, 1.807) is 0 Å². The molecule has 0 aliphatic heterocycles. The highest BCUT2D eigenvalue weighted by Gasteiger charge is 2.15. The minimum Gasteiger partial charge on any atom is -0.302 e. The Labute approximate surface area is 156 Å². The van der Waals surface area contributed by atoms with Crippen molar-refractivity contribution < 1.29 is 0 Å². The van der Waals surface area contributed by atoms with Crippen LogP contribution in [0.15, 0.2) is 91.3 Å². The largest absolute Gasteiger partial charge is 0.302 e. The van der Waals surface area contributed by atoms with Crippen LogP contribution in [-0.2, 0) is 6.54 Å². The average molecular weight is 351 g/mol. The van der Waals surface area contributed by atoms with Crippen LogP contribution in [0.5, 0.6) is 0 Å². The molecule has 0 atom stereocenters. The predicted molar refractivity (Wildman–Crippen MR) is 105 cm³/mol. The van der Waals surface area contributed by atoms with E-state index in [0.717, 1.165) is 33.9 Å². The lowest BCUT2D eigenvalue weighted by Crippen LogP contribution is -2.05. The van der Waals surface area contributed by atoms with Gasteiger partial charge in [-0.25, -0.2) is 9.67 Å². The van der Waals surface area contributed by atoms with E-state index >= 15 is 0 Å². The fraction of sp³-hybridized carbons (Fsp3) is 0.0455. The fourth-order valence-corrected chi connectivity index (χ4v) is 3.30. The molecule has 5 aromatic rings. The third-order valence-corrected chi connectivity index (χ3v) is 4.60. The van der Waals surface area contributed by atoms with Crippen molar-refractivity contribution >= 4 is 5.65 Å². The number of nitrogens with zero attached hydrogens (tertiary/aromatic N) is 5. The molecular formula is C22H17N5. The highest BCUT2D eigenvalue weighted by atomic mass is 15.4. The van der Waals surface area contributed by atoms with E-state index in [0.29, 0.717) is 6.54 Å². The van der Waals surface area contributed by atoms with Crippen LogP contribution >= 0.6 is 0 Å². The summed E-state index contributed by atoms with van der Waals surface area (Å²) in [4.78, 5) is 4.85. The minimum atomic E-state index is 0.593.